The largest absolute Gasteiger partial charge is 0.337 e. The first kappa shape index (κ1) is 13.0. The van der Waals surface area contributed by atoms with E-state index >= 15 is 0 Å². The van der Waals surface area contributed by atoms with Crippen LogP contribution < -0.4 is 0 Å². The summed E-state index contributed by atoms with van der Waals surface area (Å²) in [5.41, 5.74) is 1.03. The van der Waals surface area contributed by atoms with Gasteiger partial charge >= 0.3 is 0 Å². The second kappa shape index (κ2) is 5.94. The smallest absolute Gasteiger partial charge is 0.223 e. The Kier molecular flexibility index (Phi) is 4.28. The summed E-state index contributed by atoms with van der Waals surface area (Å²) in [6, 6.07) is 0.765. The van der Waals surface area contributed by atoms with E-state index in [1.807, 2.05) is 0 Å². The number of amides is 1. The van der Waals surface area contributed by atoms with Gasteiger partial charge in [0.2, 0.25) is 5.91 Å². The fraction of sp³-hybridized carbons (Fsp3) is 0.643. The molecule has 2 rings (SSSR count). The van der Waals surface area contributed by atoms with Crippen LogP contribution in [0.4, 0.5) is 0 Å². The van der Waals surface area contributed by atoms with Crippen LogP contribution >= 0.6 is 0 Å². The molecular weight excluding hydrogens is 226 g/mol. The average Bonchev–Trinajstić information content (AvgIpc) is 2.37. The van der Waals surface area contributed by atoms with Crippen LogP contribution in [0.1, 0.15) is 45.1 Å². The fourth-order valence-electron chi connectivity index (χ4n) is 2.75. The zero-order chi connectivity index (χ0) is 13.0. The molecule has 1 aliphatic heterocycles. The minimum absolute atomic E-state index is 0.263. The lowest BCUT2D eigenvalue weighted by atomic mass is 9.96. The topological polar surface area (TPSA) is 46.1 Å². The Morgan fingerprint density at radius 1 is 1.28 bits per heavy atom. The molecule has 1 aliphatic rings. The van der Waals surface area contributed by atoms with Gasteiger partial charge < -0.3 is 4.90 Å². The average molecular weight is 247 g/mol. The molecule has 0 N–H and O–H groups in total. The summed E-state index contributed by atoms with van der Waals surface area (Å²) in [5, 5.41) is 0. The minimum Gasteiger partial charge on any atom is -0.337 e. The second-order valence-corrected chi connectivity index (χ2v) is 5.18. The van der Waals surface area contributed by atoms with Crippen LogP contribution in [0.3, 0.4) is 0 Å². The van der Waals surface area contributed by atoms with E-state index in [1.165, 1.54) is 12.7 Å². The lowest BCUT2D eigenvalue weighted by Gasteiger charge is -2.39. The normalized spacial score (nSPS) is 24.0. The maximum Gasteiger partial charge on any atom is 0.223 e. The van der Waals surface area contributed by atoms with Crippen molar-refractivity contribution < 1.29 is 4.79 Å². The quantitative estimate of drug-likeness (QED) is 0.822. The number of aromatic nitrogens is 2. The summed E-state index contributed by atoms with van der Waals surface area (Å²) in [5.74, 6) is 0.263. The number of piperidine rings is 1. The lowest BCUT2D eigenvalue weighted by molar-refractivity contribution is -0.137. The molecule has 2 atom stereocenters. The molecule has 0 spiro atoms. The maximum absolute atomic E-state index is 12.3. The number of aryl methyl sites for hydroxylation is 1. The van der Waals surface area contributed by atoms with Crippen molar-refractivity contribution in [2.24, 2.45) is 0 Å². The Morgan fingerprint density at radius 3 is 2.50 bits per heavy atom. The molecule has 1 fully saturated rings. The predicted octanol–water partition coefficient (Wildman–Crippen LogP) is 2.20. The van der Waals surface area contributed by atoms with Gasteiger partial charge in [-0.3, -0.25) is 4.79 Å². The third-order valence-electron chi connectivity index (χ3n) is 3.72. The number of rotatable bonds is 3. The van der Waals surface area contributed by atoms with Crippen molar-refractivity contribution in [3.63, 3.8) is 0 Å². The molecule has 4 nitrogen and oxygen atoms in total. The van der Waals surface area contributed by atoms with E-state index in [4.69, 9.17) is 0 Å². The fourth-order valence-corrected chi connectivity index (χ4v) is 2.75. The summed E-state index contributed by atoms with van der Waals surface area (Å²) >= 11 is 0. The van der Waals surface area contributed by atoms with Crippen LogP contribution in [0.5, 0.6) is 0 Å². The van der Waals surface area contributed by atoms with Crippen molar-refractivity contribution >= 4 is 5.91 Å². The summed E-state index contributed by atoms with van der Waals surface area (Å²) in [6.45, 7) is 4.30. The summed E-state index contributed by atoms with van der Waals surface area (Å²) in [4.78, 5) is 22.3. The first-order chi connectivity index (χ1) is 8.68. The van der Waals surface area contributed by atoms with Gasteiger partial charge in [0.25, 0.3) is 0 Å². The van der Waals surface area contributed by atoms with E-state index in [0.29, 0.717) is 18.5 Å². The number of nitrogens with zero attached hydrogens (tertiary/aromatic N) is 3. The molecule has 1 amide bonds. The number of carbonyl (C=O) groups is 1. The van der Waals surface area contributed by atoms with Crippen molar-refractivity contribution in [2.75, 3.05) is 0 Å². The molecule has 2 unspecified atom stereocenters. The maximum atomic E-state index is 12.3. The van der Waals surface area contributed by atoms with Crippen LogP contribution in [-0.2, 0) is 11.2 Å². The Morgan fingerprint density at radius 2 is 1.89 bits per heavy atom. The molecule has 1 saturated heterocycles. The van der Waals surface area contributed by atoms with Gasteiger partial charge in [-0.15, -0.1) is 0 Å². The molecule has 4 heteroatoms. The van der Waals surface area contributed by atoms with E-state index in [2.05, 4.69) is 28.7 Å². The predicted molar refractivity (Wildman–Crippen MR) is 70.0 cm³/mol. The standard InChI is InChI=1S/C14H21N3O/c1-11-4-3-5-12(2)17(11)14(18)7-6-13-8-15-10-16-9-13/h8-12H,3-7H2,1-2H3. The van der Waals surface area contributed by atoms with E-state index in [9.17, 15) is 4.79 Å². The van der Waals surface area contributed by atoms with E-state index in [-0.39, 0.29) is 5.91 Å². The SMILES string of the molecule is CC1CCCC(C)N1C(=O)CCc1cncnc1. The number of likely N-dealkylation sites (tertiary alicyclic amines) is 1. The highest BCUT2D eigenvalue weighted by molar-refractivity contribution is 5.77. The minimum atomic E-state index is 0.263. The molecule has 98 valence electrons. The third kappa shape index (κ3) is 3.06. The van der Waals surface area contributed by atoms with E-state index in [1.54, 1.807) is 12.4 Å². The van der Waals surface area contributed by atoms with Gasteiger partial charge in [-0.1, -0.05) is 0 Å². The second-order valence-electron chi connectivity index (χ2n) is 5.18. The van der Waals surface area contributed by atoms with Gasteiger partial charge in [-0.25, -0.2) is 9.97 Å². The highest BCUT2D eigenvalue weighted by Crippen LogP contribution is 2.23. The summed E-state index contributed by atoms with van der Waals surface area (Å²) in [6.07, 6.45) is 9.86. The molecule has 0 radical (unpaired) electrons. The highest BCUT2D eigenvalue weighted by atomic mass is 16.2. The van der Waals surface area contributed by atoms with Crippen molar-refractivity contribution in [3.8, 4) is 0 Å². The third-order valence-corrected chi connectivity index (χ3v) is 3.72. The summed E-state index contributed by atoms with van der Waals surface area (Å²) in [7, 11) is 0. The Hall–Kier alpha value is -1.45. The molecule has 1 aromatic rings. The molecule has 0 bridgehead atoms. The first-order valence-electron chi connectivity index (χ1n) is 6.73. The molecule has 18 heavy (non-hydrogen) atoms. The van der Waals surface area contributed by atoms with Crippen LogP contribution in [-0.4, -0.2) is 32.9 Å². The van der Waals surface area contributed by atoms with Gasteiger partial charge in [0.05, 0.1) is 0 Å². The molecule has 0 aromatic carbocycles. The Bertz CT molecular complexity index is 383. The summed E-state index contributed by atoms with van der Waals surface area (Å²) < 4.78 is 0. The van der Waals surface area contributed by atoms with Gasteiger partial charge in [-0.05, 0) is 45.1 Å². The van der Waals surface area contributed by atoms with E-state index < -0.39 is 0 Å². The van der Waals surface area contributed by atoms with Gasteiger partial charge in [0, 0.05) is 30.9 Å². The molecule has 2 heterocycles. The first-order valence-corrected chi connectivity index (χ1v) is 6.73. The van der Waals surface area contributed by atoms with Gasteiger partial charge in [0.1, 0.15) is 6.33 Å². The monoisotopic (exact) mass is 247 g/mol. The lowest BCUT2D eigenvalue weighted by Crippen LogP contribution is -2.47. The molecule has 0 saturated carbocycles. The Labute approximate surface area is 108 Å². The Balaban J connectivity index is 1.91. The van der Waals surface area contributed by atoms with Crippen molar-refractivity contribution in [2.45, 2.75) is 58.0 Å². The van der Waals surface area contributed by atoms with Gasteiger partial charge in [0.15, 0.2) is 0 Å². The van der Waals surface area contributed by atoms with Crippen molar-refractivity contribution in [1.82, 2.24) is 14.9 Å². The zero-order valence-corrected chi connectivity index (χ0v) is 11.2. The van der Waals surface area contributed by atoms with E-state index in [0.717, 1.165) is 24.8 Å². The molecular formula is C14H21N3O. The zero-order valence-electron chi connectivity index (χ0n) is 11.2. The highest BCUT2D eigenvalue weighted by Gasteiger charge is 2.28. The molecule has 1 aromatic heterocycles. The van der Waals surface area contributed by atoms with Crippen LogP contribution in [0, 0.1) is 0 Å². The van der Waals surface area contributed by atoms with Crippen LogP contribution in [0.25, 0.3) is 0 Å². The molecule has 0 aliphatic carbocycles. The van der Waals surface area contributed by atoms with Crippen molar-refractivity contribution in [3.05, 3.63) is 24.3 Å². The van der Waals surface area contributed by atoms with Crippen LogP contribution in [0.2, 0.25) is 0 Å². The number of hydrogen-bond acceptors (Lipinski definition) is 3. The number of hydrogen-bond donors (Lipinski definition) is 0. The number of carbonyl (C=O) groups excluding carboxylic acids is 1. The van der Waals surface area contributed by atoms with Crippen LogP contribution in [0.15, 0.2) is 18.7 Å². The van der Waals surface area contributed by atoms with Gasteiger partial charge in [-0.2, -0.15) is 0 Å². The van der Waals surface area contributed by atoms with Crippen molar-refractivity contribution in [1.29, 1.82) is 0 Å².